The van der Waals surface area contributed by atoms with Gasteiger partial charge in [0.2, 0.25) is 0 Å². The van der Waals surface area contributed by atoms with Gasteiger partial charge >= 0.3 is 0 Å². The average molecular weight is 220 g/mol. The Morgan fingerprint density at radius 2 is 1.12 bits per heavy atom. The van der Waals surface area contributed by atoms with Gasteiger partial charge in [0.15, 0.2) is 0 Å². The first-order chi connectivity index (χ1) is 7.86. The van der Waals surface area contributed by atoms with Crippen molar-refractivity contribution >= 4 is 0 Å². The van der Waals surface area contributed by atoms with Gasteiger partial charge in [0.1, 0.15) is 0 Å². The first kappa shape index (κ1) is 13.5. The lowest BCUT2D eigenvalue weighted by Crippen LogP contribution is -2.14. The lowest BCUT2D eigenvalue weighted by molar-refractivity contribution is 0.255. The van der Waals surface area contributed by atoms with Crippen LogP contribution in [0.5, 0.6) is 0 Å². The Morgan fingerprint density at radius 3 is 1.44 bits per heavy atom. The minimum Gasteiger partial charge on any atom is -0.0917 e. The predicted molar refractivity (Wildman–Crippen MR) is 73.5 cm³/mol. The van der Waals surface area contributed by atoms with E-state index < -0.39 is 0 Å². The lowest BCUT2D eigenvalue weighted by Gasteiger charge is -2.28. The molecule has 1 rings (SSSR count). The Kier molecular flexibility index (Phi) is 7.29. The molecule has 0 spiro atoms. The van der Waals surface area contributed by atoms with Crippen LogP contribution in [0.4, 0.5) is 0 Å². The van der Waals surface area contributed by atoms with Gasteiger partial charge in [0.25, 0.3) is 0 Å². The molecule has 1 aliphatic rings. The molecule has 0 bridgehead atoms. The van der Waals surface area contributed by atoms with Crippen molar-refractivity contribution in [1.29, 1.82) is 0 Å². The summed E-state index contributed by atoms with van der Waals surface area (Å²) in [6.07, 6.45) is 20.4. The molecule has 0 aromatic carbocycles. The second-order valence-corrected chi connectivity index (χ2v) is 5.18. The molecule has 0 saturated heterocycles. The van der Waals surface area contributed by atoms with E-state index in [1.165, 1.54) is 51.4 Å². The highest BCUT2D eigenvalue weighted by Crippen LogP contribution is 2.33. The maximum atomic E-state index is 2.32. The first-order valence-corrected chi connectivity index (χ1v) is 7.09. The Balaban J connectivity index is 2.08. The van der Waals surface area contributed by atoms with Gasteiger partial charge in [-0.15, -0.1) is 0 Å². The van der Waals surface area contributed by atoms with Crippen molar-refractivity contribution in [1.82, 2.24) is 0 Å². The summed E-state index contributed by atoms with van der Waals surface area (Å²) in [5.74, 6) is 2.04. The van der Waals surface area contributed by atoms with E-state index in [1.807, 2.05) is 0 Å². The fourth-order valence-corrected chi connectivity index (χ4v) is 2.81. The van der Waals surface area contributed by atoms with Crippen LogP contribution < -0.4 is 0 Å². The fourth-order valence-electron chi connectivity index (χ4n) is 2.81. The van der Waals surface area contributed by atoms with Gasteiger partial charge in [-0.1, -0.05) is 50.0 Å². The van der Waals surface area contributed by atoms with E-state index in [-0.39, 0.29) is 0 Å². The van der Waals surface area contributed by atoms with Gasteiger partial charge in [-0.05, 0) is 51.4 Å². The minimum atomic E-state index is 1.02. The zero-order valence-corrected chi connectivity index (χ0v) is 11.1. The third-order valence-electron chi connectivity index (χ3n) is 3.92. The van der Waals surface area contributed by atoms with Crippen LogP contribution >= 0.6 is 0 Å². The van der Waals surface area contributed by atoms with Crippen molar-refractivity contribution in [3.05, 3.63) is 24.3 Å². The molecule has 0 heteroatoms. The highest BCUT2D eigenvalue weighted by Gasteiger charge is 2.19. The summed E-state index contributed by atoms with van der Waals surface area (Å²) in [4.78, 5) is 0. The summed E-state index contributed by atoms with van der Waals surface area (Å²) in [6, 6.07) is 0. The molecule has 0 atom stereocenters. The average Bonchev–Trinajstić information content (AvgIpc) is 2.32. The summed E-state index contributed by atoms with van der Waals surface area (Å²) >= 11 is 0. The normalized spacial score (nSPS) is 26.9. The van der Waals surface area contributed by atoms with Crippen molar-refractivity contribution < 1.29 is 0 Å². The van der Waals surface area contributed by atoms with Crippen molar-refractivity contribution in [2.45, 2.75) is 65.2 Å². The smallest absolute Gasteiger partial charge is 0.0348 e. The first-order valence-electron chi connectivity index (χ1n) is 7.09. The van der Waals surface area contributed by atoms with Crippen LogP contribution in [0.1, 0.15) is 65.2 Å². The van der Waals surface area contributed by atoms with Gasteiger partial charge in [-0.25, -0.2) is 0 Å². The largest absolute Gasteiger partial charge is 0.0917 e. The van der Waals surface area contributed by atoms with Crippen molar-refractivity contribution in [2.24, 2.45) is 11.8 Å². The molecule has 16 heavy (non-hydrogen) atoms. The molecule has 92 valence electrons. The van der Waals surface area contributed by atoms with Crippen LogP contribution in [-0.4, -0.2) is 0 Å². The third-order valence-corrected chi connectivity index (χ3v) is 3.92. The number of hydrogen-bond donors (Lipinski definition) is 0. The Morgan fingerprint density at radius 1 is 0.750 bits per heavy atom. The highest BCUT2D eigenvalue weighted by molar-refractivity contribution is 4.82. The summed E-state index contributed by atoms with van der Waals surface area (Å²) in [7, 11) is 0. The molecule has 0 nitrogen and oxygen atoms in total. The molecule has 1 fully saturated rings. The zero-order chi connectivity index (χ0) is 11.6. The molecule has 0 aromatic rings. The summed E-state index contributed by atoms with van der Waals surface area (Å²) < 4.78 is 0. The van der Waals surface area contributed by atoms with Gasteiger partial charge < -0.3 is 0 Å². The zero-order valence-electron chi connectivity index (χ0n) is 11.1. The van der Waals surface area contributed by atoms with Gasteiger partial charge in [-0.3, -0.25) is 0 Å². The van der Waals surface area contributed by atoms with Crippen molar-refractivity contribution in [3.8, 4) is 0 Å². The molecule has 0 amide bonds. The quantitative estimate of drug-likeness (QED) is 0.518. The number of hydrogen-bond acceptors (Lipinski definition) is 0. The lowest BCUT2D eigenvalue weighted by atomic mass is 9.78. The monoisotopic (exact) mass is 220 g/mol. The summed E-state index contributed by atoms with van der Waals surface area (Å²) in [5.41, 5.74) is 0. The highest BCUT2D eigenvalue weighted by atomic mass is 14.2. The van der Waals surface area contributed by atoms with E-state index in [9.17, 15) is 0 Å². The molecule has 0 aliphatic heterocycles. The predicted octanol–water partition coefficient (Wildman–Crippen LogP) is 5.51. The molecule has 0 aromatic heterocycles. The molecular weight excluding hydrogens is 192 g/mol. The van der Waals surface area contributed by atoms with E-state index >= 15 is 0 Å². The van der Waals surface area contributed by atoms with E-state index in [2.05, 4.69) is 38.2 Å². The Labute approximate surface area is 102 Å². The molecule has 1 saturated carbocycles. The van der Waals surface area contributed by atoms with Crippen LogP contribution in [0.25, 0.3) is 0 Å². The standard InChI is InChI=1S/C16H28/c1-3-5-7-9-15-11-13-16(14-12-15)10-8-6-4-2/h3-6,15-16H,7-14H2,1-2H3. The molecule has 0 N–H and O–H groups in total. The van der Waals surface area contributed by atoms with Crippen LogP contribution in [0.2, 0.25) is 0 Å². The molecule has 0 unspecified atom stereocenters. The summed E-state index contributed by atoms with van der Waals surface area (Å²) in [5, 5.41) is 0. The van der Waals surface area contributed by atoms with Crippen LogP contribution in [0, 0.1) is 11.8 Å². The van der Waals surface area contributed by atoms with E-state index in [4.69, 9.17) is 0 Å². The Bertz CT molecular complexity index is 180. The molecular formula is C16H28. The Hall–Kier alpha value is -0.520. The molecule has 0 radical (unpaired) electrons. The van der Waals surface area contributed by atoms with E-state index in [0.717, 1.165) is 11.8 Å². The fraction of sp³-hybridized carbons (Fsp3) is 0.750. The number of rotatable bonds is 6. The van der Waals surface area contributed by atoms with Gasteiger partial charge in [0.05, 0.1) is 0 Å². The maximum Gasteiger partial charge on any atom is -0.0348 e. The second kappa shape index (κ2) is 8.61. The number of allylic oxidation sites excluding steroid dienone is 4. The summed E-state index contributed by atoms with van der Waals surface area (Å²) in [6.45, 7) is 4.25. The van der Waals surface area contributed by atoms with Gasteiger partial charge in [0, 0.05) is 0 Å². The van der Waals surface area contributed by atoms with Crippen LogP contribution in [0.3, 0.4) is 0 Å². The minimum absolute atomic E-state index is 1.02. The van der Waals surface area contributed by atoms with Crippen molar-refractivity contribution in [3.63, 3.8) is 0 Å². The molecule has 0 heterocycles. The van der Waals surface area contributed by atoms with E-state index in [1.54, 1.807) is 0 Å². The maximum absolute atomic E-state index is 2.32. The van der Waals surface area contributed by atoms with Crippen molar-refractivity contribution in [2.75, 3.05) is 0 Å². The van der Waals surface area contributed by atoms with E-state index in [0.29, 0.717) is 0 Å². The molecule has 1 aliphatic carbocycles. The second-order valence-electron chi connectivity index (χ2n) is 5.18. The van der Waals surface area contributed by atoms with Crippen LogP contribution in [0.15, 0.2) is 24.3 Å². The third kappa shape index (κ3) is 5.53. The SMILES string of the molecule is CC=CCCC1CCC(CCC=CC)CC1. The van der Waals surface area contributed by atoms with Crippen LogP contribution in [-0.2, 0) is 0 Å². The van der Waals surface area contributed by atoms with Gasteiger partial charge in [-0.2, -0.15) is 0 Å². The topological polar surface area (TPSA) is 0 Å².